The number of aryl methyl sites for hydroxylation is 1. The van der Waals surface area contributed by atoms with E-state index in [9.17, 15) is 4.79 Å². The smallest absolute Gasteiger partial charge is 0.300 e. The van der Waals surface area contributed by atoms with Gasteiger partial charge in [0.15, 0.2) is 5.76 Å². The van der Waals surface area contributed by atoms with Crippen LogP contribution in [0.4, 0.5) is 5.69 Å². The van der Waals surface area contributed by atoms with Crippen molar-refractivity contribution in [3.8, 4) is 0 Å². The molecule has 2 saturated carbocycles. The molecule has 0 unspecified atom stereocenters. The third-order valence-corrected chi connectivity index (χ3v) is 7.23. The normalized spacial score (nSPS) is 24.8. The fraction of sp³-hybridized carbons (Fsp3) is 0.615. The zero-order valence-corrected chi connectivity index (χ0v) is 18.8. The summed E-state index contributed by atoms with van der Waals surface area (Å²) in [6, 6.07) is 5.53. The van der Waals surface area contributed by atoms with Gasteiger partial charge in [-0.25, -0.2) is 4.99 Å². The van der Waals surface area contributed by atoms with Crippen LogP contribution in [0.2, 0.25) is 0 Å². The Kier molecular flexibility index (Phi) is 6.02. The highest BCUT2D eigenvalue weighted by atomic mass is 16.5. The number of carbonyl (C=O) groups is 1. The van der Waals surface area contributed by atoms with E-state index in [1.165, 1.54) is 48.9 Å². The quantitative estimate of drug-likeness (QED) is 0.644. The van der Waals surface area contributed by atoms with Crippen molar-refractivity contribution in [2.75, 3.05) is 11.9 Å². The molecule has 1 saturated heterocycles. The van der Waals surface area contributed by atoms with Crippen molar-refractivity contribution in [2.45, 2.75) is 96.1 Å². The molecular formula is C26H35N3O2. The largest absolute Gasteiger partial charge is 0.420 e. The number of ether oxygens (including phenoxy) is 1. The molecule has 0 aromatic heterocycles. The molecular weight excluding hydrogens is 386 g/mol. The van der Waals surface area contributed by atoms with Gasteiger partial charge in [-0.15, -0.1) is 0 Å². The molecule has 0 bridgehead atoms. The fourth-order valence-corrected chi connectivity index (χ4v) is 5.67. The summed E-state index contributed by atoms with van der Waals surface area (Å²) in [6.07, 6.45) is 15.6. The van der Waals surface area contributed by atoms with Gasteiger partial charge in [0.05, 0.1) is 6.04 Å². The zero-order valence-electron chi connectivity index (χ0n) is 18.8. The molecule has 1 N–H and O–H groups in total. The van der Waals surface area contributed by atoms with E-state index in [1.807, 2.05) is 11.0 Å². The molecule has 2 heterocycles. The van der Waals surface area contributed by atoms with E-state index in [2.05, 4.69) is 24.4 Å². The molecule has 0 atom stereocenters. The molecule has 5 heteroatoms. The molecule has 5 nitrogen and oxygen atoms in total. The lowest BCUT2D eigenvalue weighted by atomic mass is 9.94. The van der Waals surface area contributed by atoms with Crippen LogP contribution in [0.3, 0.4) is 0 Å². The van der Waals surface area contributed by atoms with Crippen molar-refractivity contribution in [3.63, 3.8) is 0 Å². The first-order chi connectivity index (χ1) is 15.2. The topological polar surface area (TPSA) is 53.9 Å². The molecule has 1 aromatic rings. The van der Waals surface area contributed by atoms with Gasteiger partial charge in [-0.3, -0.25) is 9.69 Å². The monoisotopic (exact) mass is 421 g/mol. The lowest BCUT2D eigenvalue weighted by Crippen LogP contribution is -2.41. The van der Waals surface area contributed by atoms with Crippen LogP contribution in [0.15, 0.2) is 22.9 Å². The molecule has 0 radical (unpaired) electrons. The summed E-state index contributed by atoms with van der Waals surface area (Å²) in [4.78, 5) is 20.3. The molecule has 3 fully saturated rings. The first kappa shape index (κ1) is 20.6. The van der Waals surface area contributed by atoms with Crippen LogP contribution >= 0.6 is 0 Å². The average molecular weight is 422 g/mol. The highest BCUT2D eigenvalue weighted by Gasteiger charge is 2.40. The summed E-state index contributed by atoms with van der Waals surface area (Å²) >= 11 is 0. The minimum Gasteiger partial charge on any atom is -0.420 e. The average Bonchev–Trinajstić information content (AvgIpc) is 3.51. The van der Waals surface area contributed by atoms with Crippen LogP contribution in [-0.2, 0) is 22.4 Å². The van der Waals surface area contributed by atoms with Gasteiger partial charge in [-0.1, -0.05) is 45.4 Å². The van der Waals surface area contributed by atoms with Crippen molar-refractivity contribution in [1.82, 2.24) is 4.90 Å². The maximum Gasteiger partial charge on any atom is 0.300 e. The standard InChI is InChI=1S/C26H35N3O2/c1-2-8-19-15-18(16-20-13-14-27-24(19)20)17-23-25(30)29(22-11-4-3-5-12-22)26(31-23)28-21-9-6-7-10-21/h15-17,21-22,27H,2-14H2,1H3/b23-17+,28-26+. The van der Waals surface area contributed by atoms with E-state index in [1.54, 1.807) is 0 Å². The highest BCUT2D eigenvalue weighted by molar-refractivity contribution is 6.11. The van der Waals surface area contributed by atoms with E-state index in [0.717, 1.165) is 57.1 Å². The zero-order chi connectivity index (χ0) is 21.2. The summed E-state index contributed by atoms with van der Waals surface area (Å²) in [7, 11) is 0. The molecule has 2 aliphatic heterocycles. The maximum atomic E-state index is 13.5. The summed E-state index contributed by atoms with van der Waals surface area (Å²) in [5.41, 5.74) is 5.07. The highest BCUT2D eigenvalue weighted by Crippen LogP contribution is 2.33. The molecule has 31 heavy (non-hydrogen) atoms. The van der Waals surface area contributed by atoms with Crippen LogP contribution in [0.1, 0.15) is 87.8 Å². The first-order valence-corrected chi connectivity index (χ1v) is 12.4. The van der Waals surface area contributed by atoms with Crippen LogP contribution < -0.4 is 5.32 Å². The third-order valence-electron chi connectivity index (χ3n) is 7.23. The second-order valence-corrected chi connectivity index (χ2v) is 9.57. The van der Waals surface area contributed by atoms with Crippen molar-refractivity contribution in [1.29, 1.82) is 0 Å². The van der Waals surface area contributed by atoms with E-state index in [4.69, 9.17) is 9.73 Å². The molecule has 0 spiro atoms. The number of amides is 1. The lowest BCUT2D eigenvalue weighted by molar-refractivity contribution is -0.124. The number of hydrogen-bond donors (Lipinski definition) is 1. The number of fused-ring (bicyclic) bond motifs is 1. The third kappa shape index (κ3) is 4.24. The predicted octanol–water partition coefficient (Wildman–Crippen LogP) is 5.44. The Morgan fingerprint density at radius 3 is 2.68 bits per heavy atom. The number of benzene rings is 1. The number of anilines is 1. The molecule has 5 rings (SSSR count). The number of rotatable bonds is 5. The van der Waals surface area contributed by atoms with Crippen LogP contribution in [0, 0.1) is 0 Å². The Morgan fingerprint density at radius 1 is 1.13 bits per heavy atom. The van der Waals surface area contributed by atoms with E-state index in [-0.39, 0.29) is 11.9 Å². The van der Waals surface area contributed by atoms with E-state index < -0.39 is 0 Å². The molecule has 1 aromatic carbocycles. The van der Waals surface area contributed by atoms with Crippen molar-refractivity contribution >= 4 is 23.7 Å². The van der Waals surface area contributed by atoms with Crippen LogP contribution in [0.5, 0.6) is 0 Å². The van der Waals surface area contributed by atoms with Gasteiger partial charge in [0.25, 0.3) is 5.91 Å². The number of hydrogen-bond acceptors (Lipinski definition) is 4. The van der Waals surface area contributed by atoms with Crippen LogP contribution in [-0.4, -0.2) is 35.5 Å². The van der Waals surface area contributed by atoms with Gasteiger partial charge < -0.3 is 10.1 Å². The Hall–Kier alpha value is -2.30. The molecule has 166 valence electrons. The summed E-state index contributed by atoms with van der Waals surface area (Å²) in [5, 5.41) is 3.53. The number of nitrogens with zero attached hydrogens (tertiary/aromatic N) is 2. The SMILES string of the molecule is CCCc1cc(/C=C2/O/C(=N/C3CCCC3)N(C3CCCCC3)C2=O)cc2c1NCC2. The van der Waals surface area contributed by atoms with Crippen molar-refractivity contribution < 1.29 is 9.53 Å². The Morgan fingerprint density at radius 2 is 1.90 bits per heavy atom. The second kappa shape index (κ2) is 9.05. The van der Waals surface area contributed by atoms with Crippen molar-refractivity contribution in [3.05, 3.63) is 34.6 Å². The van der Waals surface area contributed by atoms with Gasteiger partial charge in [0.2, 0.25) is 0 Å². The van der Waals surface area contributed by atoms with Crippen molar-refractivity contribution in [2.24, 2.45) is 4.99 Å². The Bertz CT molecular complexity index is 892. The van der Waals surface area contributed by atoms with Gasteiger partial charge in [0.1, 0.15) is 0 Å². The minimum atomic E-state index is -0.000637. The number of aliphatic imine (C=N–C) groups is 1. The molecule has 1 amide bonds. The van der Waals surface area contributed by atoms with E-state index in [0.29, 0.717) is 17.8 Å². The number of nitrogens with one attached hydrogen (secondary N) is 1. The van der Waals surface area contributed by atoms with Crippen LogP contribution in [0.25, 0.3) is 6.08 Å². The van der Waals surface area contributed by atoms with Gasteiger partial charge in [0, 0.05) is 18.3 Å². The number of carbonyl (C=O) groups excluding carboxylic acids is 1. The molecule has 2 aliphatic carbocycles. The lowest BCUT2D eigenvalue weighted by Gasteiger charge is -2.29. The van der Waals surface area contributed by atoms with Gasteiger partial charge in [-0.2, -0.15) is 0 Å². The Labute approximate surface area is 185 Å². The van der Waals surface area contributed by atoms with E-state index >= 15 is 0 Å². The molecule has 4 aliphatic rings. The predicted molar refractivity (Wildman–Crippen MR) is 125 cm³/mol. The Balaban J connectivity index is 1.47. The fourth-order valence-electron chi connectivity index (χ4n) is 5.67. The maximum absolute atomic E-state index is 13.5. The van der Waals surface area contributed by atoms with Gasteiger partial charge >= 0.3 is 6.02 Å². The summed E-state index contributed by atoms with van der Waals surface area (Å²) in [5.74, 6) is 0.440. The first-order valence-electron chi connectivity index (χ1n) is 12.4. The second-order valence-electron chi connectivity index (χ2n) is 9.57. The summed E-state index contributed by atoms with van der Waals surface area (Å²) < 4.78 is 6.20. The minimum absolute atomic E-state index is 0.000637. The van der Waals surface area contributed by atoms with Gasteiger partial charge in [-0.05, 0) is 73.4 Å². The summed E-state index contributed by atoms with van der Waals surface area (Å²) in [6.45, 7) is 3.21. The number of amidine groups is 1.